The number of aliphatic carboxylic acids is 1. The number of hydrogen-bond donors (Lipinski definition) is 2. The molecule has 0 radical (unpaired) electrons. The van der Waals surface area contributed by atoms with Gasteiger partial charge in [0.1, 0.15) is 11.5 Å². The van der Waals surface area contributed by atoms with Gasteiger partial charge in [0, 0.05) is 24.3 Å². The Labute approximate surface area is 162 Å². The Kier molecular flexibility index (Phi) is 4.95. The molecule has 1 aliphatic heterocycles. The van der Waals surface area contributed by atoms with Crippen LogP contribution in [0.3, 0.4) is 0 Å². The molecule has 2 unspecified atom stereocenters. The molecule has 0 bridgehead atoms. The Morgan fingerprint density at radius 3 is 2.71 bits per heavy atom. The molecule has 2 atom stereocenters. The van der Waals surface area contributed by atoms with Crippen molar-refractivity contribution in [3.05, 3.63) is 53.2 Å². The summed E-state index contributed by atoms with van der Waals surface area (Å²) in [6.07, 6.45) is 6.59. The molecule has 0 spiro atoms. The maximum atomic E-state index is 13.3. The fourth-order valence-corrected chi connectivity index (χ4v) is 3.50. The predicted molar refractivity (Wildman–Crippen MR) is 102 cm³/mol. The Morgan fingerprint density at radius 1 is 1.29 bits per heavy atom. The number of fused-ring (bicyclic) bond motifs is 1. The standard InChI is InChI=1S/C21H22FN3O3/c22-15-8-5-13(6-9-15)20-17(3-1-2-4-19(26)27)24-18-11-14(21(23)12-28-21)7-10-16(18)25-20/h5-10,14H,1-4,11-12,23H2,(H,26,27). The van der Waals surface area contributed by atoms with Crippen LogP contribution in [-0.2, 0) is 22.4 Å². The Bertz CT molecular complexity index is 923. The van der Waals surface area contributed by atoms with Crippen LogP contribution in [0.1, 0.15) is 36.3 Å². The molecule has 1 aromatic carbocycles. The number of carbonyl (C=O) groups is 1. The molecule has 6 nitrogen and oxygen atoms in total. The molecule has 1 aromatic heterocycles. The first kappa shape index (κ1) is 18.7. The van der Waals surface area contributed by atoms with E-state index in [4.69, 9.17) is 25.5 Å². The molecule has 1 saturated heterocycles. The van der Waals surface area contributed by atoms with Crippen LogP contribution in [0.2, 0.25) is 0 Å². The second-order valence-electron chi connectivity index (χ2n) is 7.37. The van der Waals surface area contributed by atoms with E-state index in [1.807, 2.05) is 12.2 Å². The van der Waals surface area contributed by atoms with Gasteiger partial charge in [-0.15, -0.1) is 0 Å². The van der Waals surface area contributed by atoms with Gasteiger partial charge in [0.15, 0.2) is 0 Å². The van der Waals surface area contributed by atoms with Crippen LogP contribution in [0.4, 0.5) is 4.39 Å². The zero-order valence-corrected chi connectivity index (χ0v) is 15.4. The summed E-state index contributed by atoms with van der Waals surface area (Å²) in [6.45, 7) is 0.542. The lowest BCUT2D eigenvalue weighted by atomic mass is 9.89. The lowest BCUT2D eigenvalue weighted by Crippen LogP contribution is -2.35. The number of rotatable bonds is 7. The Hall–Kier alpha value is -2.64. The minimum absolute atomic E-state index is 0.0610. The van der Waals surface area contributed by atoms with Gasteiger partial charge in [-0.05, 0) is 49.6 Å². The molecule has 2 aromatic rings. The molecule has 0 saturated carbocycles. The number of nitrogens with zero attached hydrogens (tertiary/aromatic N) is 2. The monoisotopic (exact) mass is 383 g/mol. The molecular formula is C21H22FN3O3. The predicted octanol–water partition coefficient (Wildman–Crippen LogP) is 2.95. The highest BCUT2D eigenvalue weighted by Gasteiger charge is 2.47. The zero-order valence-electron chi connectivity index (χ0n) is 15.4. The summed E-state index contributed by atoms with van der Waals surface area (Å²) in [4.78, 5) is 20.4. The van der Waals surface area contributed by atoms with E-state index in [1.165, 1.54) is 12.1 Å². The lowest BCUT2D eigenvalue weighted by Gasteiger charge is -2.22. The molecule has 2 heterocycles. The molecule has 2 aliphatic rings. The first-order chi connectivity index (χ1) is 13.4. The third-order valence-electron chi connectivity index (χ3n) is 5.25. The van der Waals surface area contributed by atoms with Crippen molar-refractivity contribution in [3.63, 3.8) is 0 Å². The molecule has 28 heavy (non-hydrogen) atoms. The highest BCUT2D eigenvalue weighted by atomic mass is 19.1. The van der Waals surface area contributed by atoms with Crippen LogP contribution < -0.4 is 5.73 Å². The largest absolute Gasteiger partial charge is 0.481 e. The quantitative estimate of drug-likeness (QED) is 0.563. The number of hydrogen-bond acceptors (Lipinski definition) is 5. The van der Waals surface area contributed by atoms with Gasteiger partial charge in [-0.2, -0.15) is 0 Å². The number of aromatic nitrogens is 2. The third kappa shape index (κ3) is 3.95. The van der Waals surface area contributed by atoms with Crippen LogP contribution in [0, 0.1) is 11.7 Å². The smallest absolute Gasteiger partial charge is 0.303 e. The second-order valence-corrected chi connectivity index (χ2v) is 7.37. The van der Waals surface area contributed by atoms with Gasteiger partial charge in [-0.3, -0.25) is 9.78 Å². The summed E-state index contributed by atoms with van der Waals surface area (Å²) < 4.78 is 18.7. The van der Waals surface area contributed by atoms with E-state index in [-0.39, 0.29) is 18.2 Å². The summed E-state index contributed by atoms with van der Waals surface area (Å²) in [5.41, 5.74) is 9.52. The molecule has 1 fully saturated rings. The third-order valence-corrected chi connectivity index (χ3v) is 5.25. The molecule has 0 amide bonds. The fraction of sp³-hybridized carbons (Fsp3) is 0.381. The van der Waals surface area contributed by atoms with Crippen molar-refractivity contribution < 1.29 is 19.0 Å². The van der Waals surface area contributed by atoms with Crippen molar-refractivity contribution in [2.45, 2.75) is 37.8 Å². The van der Waals surface area contributed by atoms with Crippen molar-refractivity contribution in [2.24, 2.45) is 11.7 Å². The average molecular weight is 383 g/mol. The molecule has 4 rings (SSSR count). The van der Waals surface area contributed by atoms with Crippen LogP contribution in [0.5, 0.6) is 0 Å². The van der Waals surface area contributed by atoms with Gasteiger partial charge in [-0.25, -0.2) is 9.37 Å². The molecule has 3 N–H and O–H groups in total. The number of benzene rings is 1. The fourth-order valence-electron chi connectivity index (χ4n) is 3.50. The highest BCUT2D eigenvalue weighted by Crippen LogP contribution is 2.37. The van der Waals surface area contributed by atoms with Gasteiger partial charge < -0.3 is 15.6 Å². The minimum Gasteiger partial charge on any atom is -0.481 e. The van der Waals surface area contributed by atoms with Crippen LogP contribution in [0.25, 0.3) is 17.3 Å². The van der Waals surface area contributed by atoms with Gasteiger partial charge in [-0.1, -0.05) is 6.08 Å². The number of carboxylic acids is 1. The number of aryl methyl sites for hydroxylation is 1. The summed E-state index contributed by atoms with van der Waals surface area (Å²) >= 11 is 0. The lowest BCUT2D eigenvalue weighted by molar-refractivity contribution is -0.137. The van der Waals surface area contributed by atoms with E-state index in [9.17, 15) is 9.18 Å². The normalized spacial score (nSPS) is 22.7. The second kappa shape index (κ2) is 7.41. The molecule has 1 aliphatic carbocycles. The van der Waals surface area contributed by atoms with Crippen molar-refractivity contribution in [3.8, 4) is 11.3 Å². The average Bonchev–Trinajstić information content (AvgIpc) is 3.43. The van der Waals surface area contributed by atoms with E-state index in [1.54, 1.807) is 12.1 Å². The number of carboxylic acid groups (broad SMARTS) is 1. The Morgan fingerprint density at radius 2 is 2.04 bits per heavy atom. The van der Waals surface area contributed by atoms with Crippen molar-refractivity contribution in [2.75, 3.05) is 6.61 Å². The molecule has 7 heteroatoms. The van der Waals surface area contributed by atoms with Gasteiger partial charge in [0.05, 0.1) is 29.4 Å². The number of nitrogens with two attached hydrogens (primary N) is 1. The van der Waals surface area contributed by atoms with Crippen LogP contribution in [0.15, 0.2) is 30.3 Å². The van der Waals surface area contributed by atoms with Gasteiger partial charge in [0.25, 0.3) is 0 Å². The topological polar surface area (TPSA) is 102 Å². The van der Waals surface area contributed by atoms with E-state index in [0.717, 1.165) is 22.6 Å². The molecular weight excluding hydrogens is 361 g/mol. The van der Waals surface area contributed by atoms with Crippen molar-refractivity contribution in [1.82, 2.24) is 9.97 Å². The summed E-state index contributed by atoms with van der Waals surface area (Å²) in [6, 6.07) is 6.18. The van der Waals surface area contributed by atoms with Crippen molar-refractivity contribution >= 4 is 12.0 Å². The number of unbranched alkanes of at least 4 members (excludes halogenated alkanes) is 1. The number of halogens is 1. The SMILES string of the molecule is NC1(C2C=Cc3nc(-c4ccc(F)cc4)c(CCCCC(=O)O)nc3C2)CO1. The number of epoxide rings is 1. The summed E-state index contributed by atoms with van der Waals surface area (Å²) in [7, 11) is 0. The minimum atomic E-state index is -0.805. The van der Waals surface area contributed by atoms with Crippen LogP contribution >= 0.6 is 0 Å². The highest BCUT2D eigenvalue weighted by molar-refractivity contribution is 5.67. The maximum absolute atomic E-state index is 13.3. The summed E-state index contributed by atoms with van der Waals surface area (Å²) in [5.74, 6) is -1.05. The van der Waals surface area contributed by atoms with Crippen LogP contribution in [-0.4, -0.2) is 33.4 Å². The molecule has 146 valence electrons. The summed E-state index contributed by atoms with van der Waals surface area (Å²) in [5, 5.41) is 8.84. The van der Waals surface area contributed by atoms with E-state index < -0.39 is 11.7 Å². The Balaban J connectivity index is 1.64. The van der Waals surface area contributed by atoms with E-state index >= 15 is 0 Å². The van der Waals surface area contributed by atoms with Gasteiger partial charge >= 0.3 is 5.97 Å². The maximum Gasteiger partial charge on any atom is 0.303 e. The van der Waals surface area contributed by atoms with Gasteiger partial charge in [0.2, 0.25) is 0 Å². The number of ether oxygens (including phenoxy) is 1. The van der Waals surface area contributed by atoms with E-state index in [0.29, 0.717) is 38.0 Å². The zero-order chi connectivity index (χ0) is 19.7. The first-order valence-corrected chi connectivity index (χ1v) is 9.43. The van der Waals surface area contributed by atoms with Crippen molar-refractivity contribution in [1.29, 1.82) is 0 Å². The first-order valence-electron chi connectivity index (χ1n) is 9.43. The van der Waals surface area contributed by atoms with E-state index in [2.05, 4.69) is 0 Å².